The topological polar surface area (TPSA) is 69.7 Å². The van der Waals surface area contributed by atoms with Crippen LogP contribution in [-0.2, 0) is 4.79 Å². The molecule has 1 heterocycles. The third kappa shape index (κ3) is 5.50. The molecule has 6 nitrogen and oxygen atoms in total. The van der Waals surface area contributed by atoms with Crippen LogP contribution in [0.2, 0.25) is 10.0 Å². The third-order valence-corrected chi connectivity index (χ3v) is 7.21. The first-order valence-corrected chi connectivity index (χ1v) is 12.1. The van der Waals surface area contributed by atoms with E-state index in [1.54, 1.807) is 46.2 Å². The van der Waals surface area contributed by atoms with E-state index < -0.39 is 0 Å². The van der Waals surface area contributed by atoms with E-state index in [9.17, 15) is 14.4 Å². The van der Waals surface area contributed by atoms with Crippen molar-refractivity contribution < 1.29 is 14.4 Å². The molecule has 1 saturated carbocycles. The molecule has 1 aliphatic heterocycles. The average Bonchev–Trinajstić information content (AvgIpc) is 2.85. The lowest BCUT2D eigenvalue weighted by Gasteiger charge is -2.35. The number of hydrogen-bond donors (Lipinski definition) is 1. The van der Waals surface area contributed by atoms with Crippen LogP contribution < -0.4 is 5.32 Å². The number of rotatable bonds is 4. The average molecular weight is 488 g/mol. The summed E-state index contributed by atoms with van der Waals surface area (Å²) in [6, 6.07) is 12.1. The predicted octanol–water partition coefficient (Wildman–Crippen LogP) is 5.11. The van der Waals surface area contributed by atoms with Gasteiger partial charge in [-0.25, -0.2) is 0 Å². The van der Waals surface area contributed by atoms with Gasteiger partial charge in [0, 0.05) is 43.3 Å². The van der Waals surface area contributed by atoms with Gasteiger partial charge < -0.3 is 15.1 Å². The Morgan fingerprint density at radius 1 is 0.818 bits per heavy atom. The molecule has 4 rings (SSSR count). The van der Waals surface area contributed by atoms with Crippen molar-refractivity contribution in [2.24, 2.45) is 5.92 Å². The van der Waals surface area contributed by atoms with Crippen molar-refractivity contribution in [3.63, 3.8) is 0 Å². The molecule has 8 heteroatoms. The Bertz CT molecular complexity index is 1040. The largest absolute Gasteiger partial charge is 0.335 e. The van der Waals surface area contributed by atoms with Crippen molar-refractivity contribution in [2.75, 3.05) is 31.5 Å². The Hall–Kier alpha value is -2.57. The van der Waals surface area contributed by atoms with Gasteiger partial charge >= 0.3 is 0 Å². The number of halogens is 2. The van der Waals surface area contributed by atoms with Crippen LogP contribution in [0.1, 0.15) is 52.8 Å². The highest BCUT2D eigenvalue weighted by Crippen LogP contribution is 2.27. The molecule has 1 aliphatic carbocycles. The van der Waals surface area contributed by atoms with Crippen LogP contribution in [-0.4, -0.2) is 53.7 Å². The quantitative estimate of drug-likeness (QED) is 0.651. The molecule has 1 N–H and O–H groups in total. The highest BCUT2D eigenvalue weighted by Gasteiger charge is 2.27. The van der Waals surface area contributed by atoms with Crippen molar-refractivity contribution in [3.8, 4) is 0 Å². The van der Waals surface area contributed by atoms with Gasteiger partial charge in [0.2, 0.25) is 5.91 Å². The van der Waals surface area contributed by atoms with Crippen molar-refractivity contribution in [1.29, 1.82) is 0 Å². The number of amides is 3. The van der Waals surface area contributed by atoms with Crippen LogP contribution in [0, 0.1) is 5.92 Å². The minimum Gasteiger partial charge on any atom is -0.335 e. The fraction of sp³-hybridized carbons (Fsp3) is 0.400. The number of benzene rings is 2. The van der Waals surface area contributed by atoms with Gasteiger partial charge in [0.15, 0.2) is 0 Å². The molecule has 2 fully saturated rings. The maximum Gasteiger partial charge on any atom is 0.255 e. The SMILES string of the molecule is O=C(Nc1cccc(C(=O)N2CCN(C(=O)c3cccc(Cl)c3Cl)CC2)c1)C1CCCCC1. The minimum absolute atomic E-state index is 0.0334. The smallest absolute Gasteiger partial charge is 0.255 e. The third-order valence-electron chi connectivity index (χ3n) is 6.39. The molecule has 2 aliphatic rings. The Labute approximate surface area is 203 Å². The summed E-state index contributed by atoms with van der Waals surface area (Å²) in [6.07, 6.45) is 5.23. The molecule has 3 amide bonds. The molecule has 0 radical (unpaired) electrons. The number of piperazine rings is 1. The van der Waals surface area contributed by atoms with Gasteiger partial charge in [0.1, 0.15) is 0 Å². The van der Waals surface area contributed by atoms with Crippen LogP contribution in [0.3, 0.4) is 0 Å². The fourth-order valence-electron chi connectivity index (χ4n) is 4.47. The standard InChI is InChI=1S/C25H27Cl2N3O3/c26-21-11-5-10-20(22(21)27)25(33)30-14-12-29(13-15-30)24(32)18-8-4-9-19(16-18)28-23(31)17-6-2-1-3-7-17/h4-5,8-11,16-17H,1-3,6-7,12-15H2,(H,28,31). The maximum absolute atomic E-state index is 13.1. The second kappa shape index (κ2) is 10.6. The summed E-state index contributed by atoms with van der Waals surface area (Å²) < 4.78 is 0. The first-order valence-electron chi connectivity index (χ1n) is 11.4. The normalized spacial score (nSPS) is 17.0. The number of carbonyl (C=O) groups excluding carboxylic acids is 3. The number of carbonyl (C=O) groups is 3. The van der Waals surface area contributed by atoms with Crippen molar-refractivity contribution in [1.82, 2.24) is 9.80 Å². The van der Waals surface area contributed by atoms with E-state index >= 15 is 0 Å². The van der Waals surface area contributed by atoms with E-state index in [2.05, 4.69) is 5.32 Å². The summed E-state index contributed by atoms with van der Waals surface area (Å²) in [5.74, 6) is -0.221. The molecule has 0 aromatic heterocycles. The second-order valence-electron chi connectivity index (χ2n) is 8.59. The van der Waals surface area contributed by atoms with Gasteiger partial charge in [-0.15, -0.1) is 0 Å². The number of nitrogens with zero attached hydrogens (tertiary/aromatic N) is 2. The van der Waals surface area contributed by atoms with Gasteiger partial charge in [-0.3, -0.25) is 14.4 Å². The summed E-state index contributed by atoms with van der Waals surface area (Å²) in [5, 5.41) is 3.56. The zero-order valence-corrected chi connectivity index (χ0v) is 19.9. The molecular weight excluding hydrogens is 461 g/mol. The molecule has 1 saturated heterocycles. The lowest BCUT2D eigenvalue weighted by atomic mass is 9.88. The molecule has 2 aromatic carbocycles. The van der Waals surface area contributed by atoms with Gasteiger partial charge in [-0.05, 0) is 43.2 Å². The lowest BCUT2D eigenvalue weighted by Crippen LogP contribution is -2.50. The van der Waals surface area contributed by atoms with Crippen molar-refractivity contribution >= 4 is 46.6 Å². The van der Waals surface area contributed by atoms with E-state index in [0.29, 0.717) is 48.0 Å². The van der Waals surface area contributed by atoms with Gasteiger partial charge in [-0.2, -0.15) is 0 Å². The number of hydrogen-bond acceptors (Lipinski definition) is 3. The van der Waals surface area contributed by atoms with Gasteiger partial charge in [0.25, 0.3) is 11.8 Å². The summed E-state index contributed by atoms with van der Waals surface area (Å²) in [6.45, 7) is 1.65. The lowest BCUT2D eigenvalue weighted by molar-refractivity contribution is -0.120. The number of nitrogens with one attached hydrogen (secondary N) is 1. The Morgan fingerprint density at radius 3 is 2.15 bits per heavy atom. The van der Waals surface area contributed by atoms with Crippen molar-refractivity contribution in [3.05, 3.63) is 63.6 Å². The molecule has 0 spiro atoms. The minimum atomic E-state index is -0.193. The second-order valence-corrected chi connectivity index (χ2v) is 9.38. The van der Waals surface area contributed by atoms with Crippen molar-refractivity contribution in [2.45, 2.75) is 32.1 Å². The van der Waals surface area contributed by atoms with Crippen LogP contribution in [0.5, 0.6) is 0 Å². The van der Waals surface area contributed by atoms with Gasteiger partial charge in [-0.1, -0.05) is 54.6 Å². The molecule has 0 bridgehead atoms. The monoisotopic (exact) mass is 487 g/mol. The molecule has 0 unspecified atom stereocenters. The summed E-state index contributed by atoms with van der Waals surface area (Å²) in [5.41, 5.74) is 1.53. The van der Waals surface area contributed by atoms with Gasteiger partial charge in [0.05, 0.1) is 15.6 Å². The molecule has 0 atom stereocenters. The van der Waals surface area contributed by atoms with E-state index in [4.69, 9.17) is 23.2 Å². The van der Waals surface area contributed by atoms with E-state index in [-0.39, 0.29) is 28.7 Å². The predicted molar refractivity (Wildman–Crippen MR) is 130 cm³/mol. The van der Waals surface area contributed by atoms with Crippen LogP contribution in [0.25, 0.3) is 0 Å². The zero-order chi connectivity index (χ0) is 23.4. The highest BCUT2D eigenvalue weighted by molar-refractivity contribution is 6.43. The van der Waals surface area contributed by atoms with Crippen LogP contribution >= 0.6 is 23.2 Å². The molecular formula is C25H27Cl2N3O3. The Kier molecular flexibility index (Phi) is 7.56. The summed E-state index contributed by atoms with van der Waals surface area (Å²) >= 11 is 12.2. The molecule has 33 heavy (non-hydrogen) atoms. The van der Waals surface area contributed by atoms with Crippen LogP contribution in [0.15, 0.2) is 42.5 Å². The first kappa shape index (κ1) is 23.6. The molecule has 174 valence electrons. The highest BCUT2D eigenvalue weighted by atomic mass is 35.5. The zero-order valence-electron chi connectivity index (χ0n) is 18.4. The molecule has 2 aromatic rings. The van der Waals surface area contributed by atoms with Crippen LogP contribution in [0.4, 0.5) is 5.69 Å². The summed E-state index contributed by atoms with van der Waals surface area (Å²) in [7, 11) is 0. The van der Waals surface area contributed by atoms with E-state index in [1.807, 2.05) is 6.07 Å². The number of anilines is 1. The Balaban J connectivity index is 1.36. The fourth-order valence-corrected chi connectivity index (χ4v) is 4.85. The van der Waals surface area contributed by atoms with E-state index in [0.717, 1.165) is 25.7 Å². The summed E-state index contributed by atoms with van der Waals surface area (Å²) in [4.78, 5) is 41.9. The maximum atomic E-state index is 13.1. The van der Waals surface area contributed by atoms with E-state index in [1.165, 1.54) is 6.42 Å². The first-order chi connectivity index (χ1) is 15.9. The Morgan fingerprint density at radius 2 is 1.45 bits per heavy atom.